The van der Waals surface area contributed by atoms with Crippen molar-refractivity contribution in [2.75, 3.05) is 37.9 Å². The minimum absolute atomic E-state index is 0. The van der Waals surface area contributed by atoms with Crippen molar-refractivity contribution in [3.63, 3.8) is 0 Å². The van der Waals surface area contributed by atoms with E-state index in [1.807, 2.05) is 41.5 Å². The number of nitrogen functional groups attached to an aromatic ring is 2. The van der Waals surface area contributed by atoms with Gasteiger partial charge >= 0.3 is 59.1 Å². The molecule has 20 nitrogen and oxygen atoms in total. The number of anilines is 2. The van der Waals surface area contributed by atoms with E-state index >= 15 is 0 Å². The fraction of sp³-hybridized carbons (Fsp3) is 0.440. The number of aliphatic hydroxyl groups excluding tert-OH is 1. The van der Waals surface area contributed by atoms with Crippen LogP contribution >= 0.6 is 10.7 Å². The van der Waals surface area contributed by atoms with Crippen LogP contribution in [0, 0.1) is 47.2 Å². The zero-order valence-electron chi connectivity index (χ0n) is 47.4. The predicted octanol–water partition coefficient (Wildman–Crippen LogP) is 3.71. The van der Waals surface area contributed by atoms with Gasteiger partial charge in [-0.1, -0.05) is 126 Å². The number of aliphatic hydroxyl groups is 1. The third kappa shape index (κ3) is 36.5. The van der Waals surface area contributed by atoms with E-state index in [1.54, 1.807) is 54.6 Å². The number of hydrogen-bond donors (Lipinski definition) is 6. The van der Waals surface area contributed by atoms with Gasteiger partial charge in [0.1, 0.15) is 28.9 Å². The molecule has 27 heteroatoms. The van der Waals surface area contributed by atoms with Crippen molar-refractivity contribution < 1.29 is 115 Å². The third-order valence-corrected chi connectivity index (χ3v) is 10.1. The number of primary sulfonamides is 1. The van der Waals surface area contributed by atoms with Crippen molar-refractivity contribution in [1.82, 2.24) is 0 Å². The molecule has 0 amide bonds. The molecule has 418 valence electrons. The number of para-hydroxylation sites is 3. The zero-order valence-corrected chi connectivity index (χ0v) is 53.6. The van der Waals surface area contributed by atoms with E-state index in [2.05, 4.69) is 76.3 Å². The Labute approximate surface area is 506 Å². The number of hydrogen-bond acceptors (Lipinski definition) is 14. The molecule has 0 saturated carbocycles. The molecule has 5 rings (SSSR count). The molecule has 0 aliphatic carbocycles. The number of halogens is 2. The summed E-state index contributed by atoms with van der Waals surface area (Å²) in [6, 6.07) is 19.6. The molecule has 4 aromatic carbocycles. The summed E-state index contributed by atoms with van der Waals surface area (Å²) >= 11 is 0. The second kappa shape index (κ2) is 34.7. The molecule has 77 heavy (non-hydrogen) atoms. The van der Waals surface area contributed by atoms with E-state index in [9.17, 15) is 29.6 Å². The Hall–Kier alpha value is -4.27. The Kier molecular flexibility index (Phi) is 35.7. The normalized spacial score (nSPS) is 12.2. The van der Waals surface area contributed by atoms with Gasteiger partial charge in [-0.05, 0) is 63.1 Å². The van der Waals surface area contributed by atoms with Crippen LogP contribution < -0.4 is 101 Å². The smallest absolute Gasteiger partial charge is 1.00 e. The summed E-state index contributed by atoms with van der Waals surface area (Å²) in [4.78, 5) is 9.65. The molecular formula is C50H73ClFN9Na2O11S3. The van der Waals surface area contributed by atoms with Gasteiger partial charge in [0.2, 0.25) is 27.1 Å². The first-order valence-electron chi connectivity index (χ1n) is 22.1. The number of ether oxygens (including phenoxy) is 3. The zero-order chi connectivity index (χ0) is 57.7. The maximum atomic E-state index is 12.6. The number of nitrogens with two attached hydrogens (primary N) is 5. The third-order valence-electron chi connectivity index (χ3n) is 8.22. The second-order valence-electron chi connectivity index (χ2n) is 21.0. The quantitative estimate of drug-likeness (QED) is 0.0634. The molecule has 0 aromatic heterocycles. The van der Waals surface area contributed by atoms with Gasteiger partial charge in [0, 0.05) is 28.7 Å². The Morgan fingerprint density at radius 1 is 0.649 bits per heavy atom. The molecule has 0 radical (unpaired) electrons. The van der Waals surface area contributed by atoms with E-state index in [-0.39, 0.29) is 129 Å². The van der Waals surface area contributed by atoms with Crippen LogP contribution in [-0.4, -0.2) is 68.1 Å². The molecule has 12 N–H and O–H groups in total. The molecule has 1 aliphatic rings. The summed E-state index contributed by atoms with van der Waals surface area (Å²) in [6.07, 6.45) is 0. The first kappa shape index (κ1) is 79.2. The van der Waals surface area contributed by atoms with Crippen molar-refractivity contribution in [3.8, 4) is 17.2 Å². The molecular weight excluding hydrogens is 1100 g/mol. The van der Waals surface area contributed by atoms with Crippen LogP contribution in [0.4, 0.5) is 32.8 Å². The number of nitrogens with zero attached hydrogens (tertiary/aromatic N) is 4. The van der Waals surface area contributed by atoms with E-state index in [0.29, 0.717) is 65.1 Å². The SMILES string of the molecule is CC(C)(C)CO.CC(C)(C)COc1cccc2c1C(N)=NS(=O)(=O)C2.NS(=O)(=O)Cl.[C-]#[N+]c1c(CS(N)(=O)=O)cccc1OCC(C)(C)C.[C-]#[N+]c1c(N)cccc1F.[C-]#[N+]c1c(N)cccc1OCC(C)(C)C.[H-].[Na+].[Na+].[OH-]. The maximum Gasteiger partial charge on any atom is 1.00 e. The molecule has 0 atom stereocenters. The van der Waals surface area contributed by atoms with Crippen molar-refractivity contribution in [2.24, 2.45) is 42.1 Å². The van der Waals surface area contributed by atoms with E-state index in [4.69, 9.17) is 61.4 Å². The van der Waals surface area contributed by atoms with Crippen LogP contribution in [0.5, 0.6) is 17.2 Å². The van der Waals surface area contributed by atoms with Gasteiger partial charge in [-0.15, -0.1) is 4.40 Å². The van der Waals surface area contributed by atoms with Gasteiger partial charge in [0.05, 0.1) is 56.6 Å². The van der Waals surface area contributed by atoms with E-state index < -0.39 is 35.1 Å². The molecule has 0 spiro atoms. The number of fused-ring (bicyclic) bond motifs is 1. The van der Waals surface area contributed by atoms with Gasteiger partial charge in [0.25, 0.3) is 19.3 Å². The molecule has 0 unspecified atom stereocenters. The molecule has 0 fully saturated rings. The summed E-state index contributed by atoms with van der Waals surface area (Å²) in [6.45, 7) is 47.0. The fourth-order valence-electron chi connectivity index (χ4n) is 4.98. The van der Waals surface area contributed by atoms with E-state index in [0.717, 1.165) is 0 Å². The van der Waals surface area contributed by atoms with Crippen molar-refractivity contribution in [3.05, 3.63) is 130 Å². The summed E-state index contributed by atoms with van der Waals surface area (Å²) < 4.78 is 96.7. The van der Waals surface area contributed by atoms with Crippen LogP contribution in [0.1, 0.15) is 101 Å². The van der Waals surface area contributed by atoms with Crippen molar-refractivity contribution in [1.29, 1.82) is 0 Å². The van der Waals surface area contributed by atoms with Crippen LogP contribution in [0.15, 0.2) is 77.2 Å². The topological polar surface area (TPSA) is 336 Å². The maximum absolute atomic E-state index is 12.6. The van der Waals surface area contributed by atoms with Gasteiger partial charge in [-0.25, -0.2) is 46.0 Å². The van der Waals surface area contributed by atoms with Crippen molar-refractivity contribution >= 4 is 74.2 Å². The monoisotopic (exact) mass is 1170 g/mol. The average molecular weight is 1170 g/mol. The molecule has 0 saturated heterocycles. The Bertz CT molecular complexity index is 3000. The second-order valence-corrected chi connectivity index (χ2v) is 26.5. The molecule has 0 bridgehead atoms. The predicted molar refractivity (Wildman–Crippen MR) is 297 cm³/mol. The Morgan fingerprint density at radius 3 is 1.36 bits per heavy atom. The molecule has 4 aromatic rings. The minimum Gasteiger partial charge on any atom is -1.00 e. The van der Waals surface area contributed by atoms with Crippen LogP contribution in [0.3, 0.4) is 0 Å². The Balaban J connectivity index is -0.000000285. The molecule has 1 heterocycles. The van der Waals surface area contributed by atoms with Crippen molar-refractivity contribution in [2.45, 2.75) is 94.6 Å². The average Bonchev–Trinajstić information content (AvgIpc) is 3.22. The summed E-state index contributed by atoms with van der Waals surface area (Å²) in [5.41, 5.74) is 19.6. The van der Waals surface area contributed by atoms with Crippen LogP contribution in [-0.2, 0) is 40.8 Å². The van der Waals surface area contributed by atoms with Gasteiger partial charge in [-0.3, -0.25) is 0 Å². The summed E-state index contributed by atoms with van der Waals surface area (Å²) in [5, 5.41) is 17.5. The largest absolute Gasteiger partial charge is 1.00 e. The standard InChI is InChI=1S/2C13H18N2O3S.C12H16N2O.C7H5FN2.C5H12O.ClH2NO2S.2Na.H2O.H/c1-13(2,3)8-18-10-6-4-5-9-7-19(16,17)15-12(14)11(9)10;1-13(2,3)9-18-11-7-5-6-10(12(11)15-4)8-19(14,16)17;1-12(2,3)8-15-10-7-5-6-9(13)11(10)14-4;1-10-7-5(8)3-2-4-6(7)9;1-5(2,3)4-6;1-5(2,3)4;;;;/h4-6H,7-8H2,1-3H3,(H2,14,15);5-7H,8-9H2,1-3H3,(H2,14,16,17);5-7H,8,13H2,1-3H3;2-4H,9H2;6H,4H2,1-3H3;(H2,2,3,4);;;1H2;/q;;;;;;2*+1;;-1/p-1. The van der Waals surface area contributed by atoms with Gasteiger partial charge in [-0.2, -0.15) is 8.42 Å². The summed E-state index contributed by atoms with van der Waals surface area (Å²) in [7, 11) is -6.58. The number of benzene rings is 4. The summed E-state index contributed by atoms with van der Waals surface area (Å²) in [5.74, 6) is 0.503. The van der Waals surface area contributed by atoms with Gasteiger partial charge < -0.3 is 43.4 Å². The first-order valence-corrected chi connectivity index (χ1v) is 27.8. The molecule has 1 aliphatic heterocycles. The van der Waals surface area contributed by atoms with Crippen LogP contribution in [0.25, 0.3) is 14.5 Å². The number of amidine groups is 1. The Morgan fingerprint density at radius 2 is 1.00 bits per heavy atom. The minimum atomic E-state index is -3.69. The van der Waals surface area contributed by atoms with Gasteiger partial charge in [0.15, 0.2) is 0 Å². The first-order chi connectivity index (χ1) is 33.6. The number of rotatable bonds is 8. The fourth-order valence-corrected chi connectivity index (χ4v) is 6.74. The van der Waals surface area contributed by atoms with E-state index in [1.165, 1.54) is 18.2 Å². The van der Waals surface area contributed by atoms with Crippen LogP contribution in [0.2, 0.25) is 0 Å². The number of sulfonamides is 2.